The smallest absolute Gasteiger partial charge is 0.410 e. The van der Waals surface area contributed by atoms with E-state index in [1.165, 1.54) is 18.6 Å². The third kappa shape index (κ3) is 5.30. The summed E-state index contributed by atoms with van der Waals surface area (Å²) in [6.45, 7) is 7.68. The van der Waals surface area contributed by atoms with Gasteiger partial charge in [0.05, 0.1) is 22.2 Å². The van der Waals surface area contributed by atoms with E-state index in [9.17, 15) is 13.6 Å². The molecule has 4 aromatic heterocycles. The van der Waals surface area contributed by atoms with Gasteiger partial charge in [0.1, 0.15) is 24.1 Å². The van der Waals surface area contributed by atoms with Gasteiger partial charge in [0, 0.05) is 55.0 Å². The molecule has 0 spiro atoms. The highest BCUT2D eigenvalue weighted by Gasteiger charge is 2.27. The number of anilines is 1. The van der Waals surface area contributed by atoms with Crippen molar-refractivity contribution in [3.05, 3.63) is 79.1 Å². The van der Waals surface area contributed by atoms with Crippen LogP contribution in [0, 0.1) is 11.8 Å². The lowest BCUT2D eigenvalue weighted by Gasteiger charge is -2.36. The molecule has 7 rings (SSSR count). The highest BCUT2D eigenvalue weighted by molar-refractivity contribution is 5.98. The maximum absolute atomic E-state index is 15.0. The molecule has 1 aliphatic heterocycles. The second-order valence-electron chi connectivity index (χ2n) is 11.8. The van der Waals surface area contributed by atoms with Crippen LogP contribution in [-0.4, -0.2) is 77.5 Å². The van der Waals surface area contributed by atoms with Crippen molar-refractivity contribution in [1.29, 1.82) is 0 Å². The quantitative estimate of drug-likeness (QED) is 0.251. The van der Waals surface area contributed by atoms with Gasteiger partial charge < -0.3 is 14.5 Å². The zero-order valence-corrected chi connectivity index (χ0v) is 24.8. The summed E-state index contributed by atoms with van der Waals surface area (Å²) in [4.78, 5) is 33.9. The van der Waals surface area contributed by atoms with E-state index < -0.39 is 17.4 Å². The monoisotopic (exact) mass is 609 g/mol. The Bertz CT molecular complexity index is 2050. The molecule has 0 atom stereocenters. The number of carbonyl (C=O) groups is 1. The summed E-state index contributed by atoms with van der Waals surface area (Å²) in [5.74, 6) is -1.05. The lowest BCUT2D eigenvalue weighted by atomic mass is 10.0. The van der Waals surface area contributed by atoms with Crippen molar-refractivity contribution >= 4 is 33.8 Å². The molecule has 5 heterocycles. The zero-order valence-electron chi connectivity index (χ0n) is 24.8. The number of benzene rings is 2. The number of hydrogen-bond acceptors (Lipinski definition) is 8. The van der Waals surface area contributed by atoms with Gasteiger partial charge in [-0.2, -0.15) is 9.49 Å². The summed E-state index contributed by atoms with van der Waals surface area (Å²) >= 11 is 0. The first-order valence-corrected chi connectivity index (χ1v) is 14.5. The Balaban J connectivity index is 1.34. The van der Waals surface area contributed by atoms with E-state index in [-0.39, 0.29) is 11.7 Å². The van der Waals surface area contributed by atoms with Gasteiger partial charge in [0.15, 0.2) is 11.6 Å². The van der Waals surface area contributed by atoms with Gasteiger partial charge in [-0.25, -0.2) is 29.1 Å². The Morgan fingerprint density at radius 3 is 2.51 bits per heavy atom. The molecule has 1 amide bonds. The predicted octanol–water partition coefficient (Wildman–Crippen LogP) is 5.76. The van der Waals surface area contributed by atoms with Crippen LogP contribution in [0.15, 0.2) is 67.4 Å². The Labute approximate surface area is 256 Å². The van der Waals surface area contributed by atoms with E-state index in [1.54, 1.807) is 23.4 Å². The van der Waals surface area contributed by atoms with Crippen LogP contribution in [0.1, 0.15) is 20.8 Å². The van der Waals surface area contributed by atoms with Crippen molar-refractivity contribution in [2.75, 3.05) is 31.1 Å². The van der Waals surface area contributed by atoms with E-state index in [4.69, 9.17) is 14.7 Å². The van der Waals surface area contributed by atoms with Crippen molar-refractivity contribution in [2.24, 2.45) is 0 Å². The fourth-order valence-electron chi connectivity index (χ4n) is 5.57. The van der Waals surface area contributed by atoms with Gasteiger partial charge in [0.2, 0.25) is 5.95 Å². The third-order valence-corrected chi connectivity index (χ3v) is 7.68. The highest BCUT2D eigenvalue weighted by Crippen LogP contribution is 2.36. The topological polar surface area (TPSA) is 118 Å². The van der Waals surface area contributed by atoms with Crippen LogP contribution in [0.2, 0.25) is 0 Å². The van der Waals surface area contributed by atoms with Crippen LogP contribution in [0.25, 0.3) is 50.1 Å². The lowest BCUT2D eigenvalue weighted by Crippen LogP contribution is -2.50. The number of para-hydroxylation sites is 1. The molecule has 13 heteroatoms. The zero-order chi connectivity index (χ0) is 31.3. The number of rotatable bonds is 4. The number of imidazole rings is 1. The number of nitrogens with zero attached hydrogens (tertiary/aromatic N) is 8. The third-order valence-electron chi connectivity index (χ3n) is 7.68. The van der Waals surface area contributed by atoms with Crippen LogP contribution >= 0.6 is 0 Å². The molecular formula is C32H29F2N9O2. The summed E-state index contributed by atoms with van der Waals surface area (Å²) in [6.07, 6.45) is 3.98. The van der Waals surface area contributed by atoms with Crippen LogP contribution in [0.4, 0.5) is 19.4 Å². The van der Waals surface area contributed by atoms with E-state index in [1.807, 2.05) is 55.7 Å². The van der Waals surface area contributed by atoms with Crippen molar-refractivity contribution in [2.45, 2.75) is 26.4 Å². The fourth-order valence-corrected chi connectivity index (χ4v) is 5.57. The average molecular weight is 610 g/mol. The first-order valence-electron chi connectivity index (χ1n) is 14.5. The number of aromatic amines is 1. The summed E-state index contributed by atoms with van der Waals surface area (Å²) < 4.78 is 36.7. The second-order valence-corrected chi connectivity index (χ2v) is 11.8. The number of fused-ring (bicyclic) bond motifs is 2. The van der Waals surface area contributed by atoms with Crippen LogP contribution < -0.4 is 4.90 Å². The Hall–Kier alpha value is -5.46. The normalized spacial score (nSPS) is 14.0. The molecule has 0 radical (unpaired) electrons. The number of nitrogens with one attached hydrogen (secondary N) is 1. The highest BCUT2D eigenvalue weighted by atomic mass is 19.2. The number of H-pyrrole nitrogens is 1. The second kappa shape index (κ2) is 10.9. The fraction of sp³-hybridized carbons (Fsp3) is 0.250. The molecule has 2 aromatic carbocycles. The maximum atomic E-state index is 15.0. The summed E-state index contributed by atoms with van der Waals surface area (Å²) in [5.41, 5.74) is 3.30. The van der Waals surface area contributed by atoms with Gasteiger partial charge >= 0.3 is 6.09 Å². The van der Waals surface area contributed by atoms with E-state index >= 15 is 0 Å². The number of amides is 1. The molecular weight excluding hydrogens is 580 g/mol. The Kier molecular flexibility index (Phi) is 6.87. The SMILES string of the molecule is CC(C)(C)OC(=O)N1CCN(c2cc(-n3cnc4c(-c5ncn[nH]5)cc(-c5ccnc(F)c5F)cc43)c3ccccc3n2)CC1. The Morgan fingerprint density at radius 1 is 0.956 bits per heavy atom. The number of piperazine rings is 1. The Morgan fingerprint density at radius 2 is 1.76 bits per heavy atom. The van der Waals surface area contributed by atoms with Crippen molar-refractivity contribution in [3.63, 3.8) is 0 Å². The van der Waals surface area contributed by atoms with Crippen molar-refractivity contribution in [3.8, 4) is 28.2 Å². The van der Waals surface area contributed by atoms with Crippen molar-refractivity contribution in [1.82, 2.24) is 39.6 Å². The first-order chi connectivity index (χ1) is 21.7. The van der Waals surface area contributed by atoms with Gasteiger partial charge in [-0.3, -0.25) is 9.67 Å². The van der Waals surface area contributed by atoms with E-state index in [0.29, 0.717) is 54.2 Å². The van der Waals surface area contributed by atoms with E-state index in [0.717, 1.165) is 22.4 Å². The number of hydrogen-bond donors (Lipinski definition) is 1. The molecule has 0 aliphatic carbocycles. The molecule has 1 N–H and O–H groups in total. The number of carbonyl (C=O) groups excluding carboxylic acids is 1. The molecule has 11 nitrogen and oxygen atoms in total. The number of halogens is 2. The summed E-state index contributed by atoms with van der Waals surface area (Å²) in [7, 11) is 0. The van der Waals surface area contributed by atoms with Crippen LogP contribution in [0.5, 0.6) is 0 Å². The summed E-state index contributed by atoms with van der Waals surface area (Å²) in [6, 6.07) is 14.7. The number of aromatic nitrogens is 7. The van der Waals surface area contributed by atoms with E-state index in [2.05, 4.69) is 25.1 Å². The number of ether oxygens (including phenoxy) is 1. The standard InChI is InChI=1S/C32H29F2N9O2/c1-32(2,3)45-31(44)42-12-10-41(11-13-42)26-16-24(21-6-4-5-7-23(21)39-26)43-18-37-28-22(30-36-17-38-40-30)14-19(15-25(28)43)20-8-9-35-29(34)27(20)33/h4-9,14-18H,10-13H2,1-3H3,(H,36,38,40). The molecule has 0 unspecified atom stereocenters. The first kappa shape index (κ1) is 28.3. The number of pyridine rings is 2. The van der Waals surface area contributed by atoms with Gasteiger partial charge in [-0.1, -0.05) is 18.2 Å². The molecule has 0 saturated carbocycles. The lowest BCUT2D eigenvalue weighted by molar-refractivity contribution is 0.0240. The minimum atomic E-state index is -1.18. The van der Waals surface area contributed by atoms with Gasteiger partial charge in [-0.15, -0.1) is 0 Å². The minimum absolute atomic E-state index is 0.0565. The predicted molar refractivity (Wildman–Crippen MR) is 165 cm³/mol. The molecule has 1 saturated heterocycles. The van der Waals surface area contributed by atoms with Gasteiger partial charge in [0.25, 0.3) is 0 Å². The van der Waals surface area contributed by atoms with Gasteiger partial charge in [-0.05, 0) is 50.6 Å². The molecule has 45 heavy (non-hydrogen) atoms. The van der Waals surface area contributed by atoms with Crippen LogP contribution in [-0.2, 0) is 4.74 Å². The maximum Gasteiger partial charge on any atom is 0.410 e. The molecule has 1 aliphatic rings. The minimum Gasteiger partial charge on any atom is -0.444 e. The molecule has 0 bridgehead atoms. The van der Waals surface area contributed by atoms with Crippen LogP contribution in [0.3, 0.4) is 0 Å². The largest absolute Gasteiger partial charge is 0.444 e. The molecule has 6 aromatic rings. The van der Waals surface area contributed by atoms with Crippen molar-refractivity contribution < 1.29 is 18.3 Å². The molecule has 228 valence electrons. The average Bonchev–Trinajstić information content (AvgIpc) is 3.72. The molecule has 1 fully saturated rings. The summed E-state index contributed by atoms with van der Waals surface area (Å²) in [5, 5.41) is 7.72.